The smallest absolute Gasteiger partial charge is 0.218 e. The predicted molar refractivity (Wildman–Crippen MR) is 95.7 cm³/mol. The zero-order valence-electron chi connectivity index (χ0n) is 13.5. The lowest BCUT2D eigenvalue weighted by atomic mass is 9.93. The summed E-state index contributed by atoms with van der Waals surface area (Å²) in [6.07, 6.45) is 4.45. The topological polar surface area (TPSA) is 55.2 Å². The largest absolute Gasteiger partial charge is 0.272 e. The number of halogens is 2. The van der Waals surface area contributed by atoms with Crippen LogP contribution in [0, 0.1) is 0 Å². The van der Waals surface area contributed by atoms with Crippen LogP contribution < -0.4 is 0 Å². The number of hydrogen-bond donors (Lipinski definition) is 0. The van der Waals surface area contributed by atoms with E-state index in [0.29, 0.717) is 15.6 Å². The number of aromatic nitrogens is 2. The Morgan fingerprint density at radius 3 is 2.83 bits per heavy atom. The van der Waals surface area contributed by atoms with E-state index in [2.05, 4.69) is 5.10 Å². The summed E-state index contributed by atoms with van der Waals surface area (Å²) < 4.78 is 29.0. The molecule has 1 aromatic carbocycles. The van der Waals surface area contributed by atoms with Crippen LogP contribution in [0.4, 0.5) is 0 Å². The Morgan fingerprint density at radius 1 is 1.38 bits per heavy atom. The second-order valence-electron chi connectivity index (χ2n) is 6.09. The average molecular weight is 388 g/mol. The summed E-state index contributed by atoms with van der Waals surface area (Å²) in [6, 6.07) is 4.69. The highest BCUT2D eigenvalue weighted by atomic mass is 35.5. The molecule has 0 aliphatic heterocycles. The molecule has 5 nitrogen and oxygen atoms in total. The highest BCUT2D eigenvalue weighted by molar-refractivity contribution is 7.88. The maximum atomic E-state index is 12.9. The van der Waals surface area contributed by atoms with Gasteiger partial charge in [0.25, 0.3) is 0 Å². The molecule has 0 fully saturated rings. The van der Waals surface area contributed by atoms with Gasteiger partial charge in [-0.25, -0.2) is 8.42 Å². The van der Waals surface area contributed by atoms with Gasteiger partial charge < -0.3 is 0 Å². The van der Waals surface area contributed by atoms with E-state index in [9.17, 15) is 8.42 Å². The van der Waals surface area contributed by atoms with E-state index in [1.54, 1.807) is 31.4 Å². The molecule has 130 valence electrons. The summed E-state index contributed by atoms with van der Waals surface area (Å²) >= 11 is 12.0. The van der Waals surface area contributed by atoms with Gasteiger partial charge in [0.1, 0.15) is 0 Å². The molecule has 1 atom stereocenters. The van der Waals surface area contributed by atoms with Crippen LogP contribution in [-0.2, 0) is 29.2 Å². The van der Waals surface area contributed by atoms with Crippen molar-refractivity contribution < 1.29 is 8.42 Å². The van der Waals surface area contributed by atoms with Gasteiger partial charge in [0.15, 0.2) is 0 Å². The molecule has 24 heavy (non-hydrogen) atoms. The van der Waals surface area contributed by atoms with Gasteiger partial charge in [-0.05, 0) is 37.0 Å². The van der Waals surface area contributed by atoms with Crippen LogP contribution in [0.1, 0.15) is 35.7 Å². The normalized spacial score (nSPS) is 18.0. The van der Waals surface area contributed by atoms with E-state index in [4.69, 9.17) is 23.2 Å². The Labute approximate surface area is 152 Å². The number of fused-ring (bicyclic) bond motifs is 1. The number of hydrogen-bond acceptors (Lipinski definition) is 3. The van der Waals surface area contributed by atoms with Gasteiger partial charge in [-0.3, -0.25) is 4.68 Å². The van der Waals surface area contributed by atoms with Gasteiger partial charge >= 0.3 is 0 Å². The standard InChI is InChI=1S/C16H19Cl2N3O2S/c1-20-15-4-3-5-16(13(15)9-19-20)21(2)24(22,23)10-11-6-7-12(17)8-14(11)18/h6-9,16H,3-5,10H2,1-2H3. The highest BCUT2D eigenvalue weighted by Crippen LogP contribution is 2.35. The third kappa shape index (κ3) is 3.33. The van der Waals surface area contributed by atoms with Gasteiger partial charge in [0.05, 0.1) is 18.0 Å². The Bertz CT molecular complexity index is 864. The summed E-state index contributed by atoms with van der Waals surface area (Å²) in [6.45, 7) is 0. The summed E-state index contributed by atoms with van der Waals surface area (Å²) in [5, 5.41) is 5.13. The summed E-state index contributed by atoms with van der Waals surface area (Å²) in [4.78, 5) is 0. The van der Waals surface area contributed by atoms with Gasteiger partial charge in [-0.15, -0.1) is 0 Å². The third-order valence-corrected chi connectivity index (χ3v) is 6.97. The average Bonchev–Trinajstić information content (AvgIpc) is 2.91. The summed E-state index contributed by atoms with van der Waals surface area (Å²) in [5.74, 6) is -0.147. The molecule has 8 heteroatoms. The van der Waals surface area contributed by atoms with Crippen LogP contribution in [0.25, 0.3) is 0 Å². The Hall–Kier alpha value is -1.08. The van der Waals surface area contributed by atoms with Crippen molar-refractivity contribution in [1.82, 2.24) is 14.1 Å². The molecular weight excluding hydrogens is 369 g/mol. The maximum Gasteiger partial charge on any atom is 0.218 e. The lowest BCUT2D eigenvalue weighted by molar-refractivity contribution is 0.334. The lowest BCUT2D eigenvalue weighted by Gasteiger charge is -2.30. The van der Waals surface area contributed by atoms with Crippen LogP contribution in [0.2, 0.25) is 10.0 Å². The van der Waals surface area contributed by atoms with Crippen molar-refractivity contribution in [2.24, 2.45) is 7.05 Å². The van der Waals surface area contributed by atoms with Gasteiger partial charge in [-0.2, -0.15) is 9.40 Å². The van der Waals surface area contributed by atoms with Crippen molar-refractivity contribution in [3.63, 3.8) is 0 Å². The number of nitrogens with zero attached hydrogens (tertiary/aromatic N) is 3. The van der Waals surface area contributed by atoms with Crippen LogP contribution >= 0.6 is 23.2 Å². The second kappa shape index (κ2) is 6.67. The van der Waals surface area contributed by atoms with E-state index in [1.807, 2.05) is 11.7 Å². The molecule has 2 aromatic rings. The number of rotatable bonds is 4. The first-order chi connectivity index (χ1) is 11.3. The van der Waals surface area contributed by atoms with Gasteiger partial charge in [0, 0.05) is 35.4 Å². The molecule has 0 spiro atoms. The minimum absolute atomic E-state index is 0.147. The van der Waals surface area contributed by atoms with Crippen LogP contribution in [0.15, 0.2) is 24.4 Å². The first kappa shape index (κ1) is 17.7. The molecule has 0 saturated carbocycles. The fourth-order valence-corrected chi connectivity index (χ4v) is 5.20. The predicted octanol–water partition coefficient (Wildman–Crippen LogP) is 3.57. The molecule has 0 amide bonds. The maximum absolute atomic E-state index is 12.9. The molecule has 0 N–H and O–H groups in total. The molecule has 1 aliphatic carbocycles. The zero-order chi connectivity index (χ0) is 17.5. The first-order valence-electron chi connectivity index (χ1n) is 7.70. The van der Waals surface area contributed by atoms with E-state index in [0.717, 1.165) is 30.5 Å². The van der Waals surface area contributed by atoms with E-state index in [1.165, 1.54) is 4.31 Å². The third-order valence-electron chi connectivity index (χ3n) is 4.57. The first-order valence-corrected chi connectivity index (χ1v) is 10.1. The minimum atomic E-state index is -3.51. The van der Waals surface area contributed by atoms with E-state index in [-0.39, 0.29) is 11.8 Å². The molecule has 0 bridgehead atoms. The molecule has 1 aromatic heterocycles. The molecule has 1 aliphatic rings. The van der Waals surface area contributed by atoms with Crippen molar-refractivity contribution in [1.29, 1.82) is 0 Å². The molecule has 3 rings (SSSR count). The Balaban J connectivity index is 1.87. The van der Waals surface area contributed by atoms with Crippen molar-refractivity contribution in [3.8, 4) is 0 Å². The van der Waals surface area contributed by atoms with E-state index < -0.39 is 10.0 Å². The Morgan fingerprint density at radius 2 is 2.12 bits per heavy atom. The van der Waals surface area contributed by atoms with Crippen LogP contribution in [-0.4, -0.2) is 29.6 Å². The fourth-order valence-electron chi connectivity index (χ4n) is 3.19. The molecule has 0 saturated heterocycles. The summed E-state index contributed by atoms with van der Waals surface area (Å²) in [7, 11) is 0.00994. The van der Waals surface area contributed by atoms with Crippen molar-refractivity contribution in [3.05, 3.63) is 51.3 Å². The number of sulfonamides is 1. The van der Waals surface area contributed by atoms with Crippen LogP contribution in [0.3, 0.4) is 0 Å². The van der Waals surface area contributed by atoms with Crippen LogP contribution in [0.5, 0.6) is 0 Å². The second-order valence-corrected chi connectivity index (χ2v) is 8.96. The van der Waals surface area contributed by atoms with E-state index >= 15 is 0 Å². The quantitative estimate of drug-likeness (QED) is 0.805. The minimum Gasteiger partial charge on any atom is -0.272 e. The SMILES string of the molecule is CN(C1CCCc2c1cnn2C)S(=O)(=O)Cc1ccc(Cl)cc1Cl. The zero-order valence-corrected chi connectivity index (χ0v) is 15.9. The fraction of sp³-hybridized carbons (Fsp3) is 0.438. The monoisotopic (exact) mass is 387 g/mol. The molecule has 1 heterocycles. The Kier molecular flexibility index (Phi) is 4.93. The molecule has 1 unspecified atom stereocenters. The van der Waals surface area contributed by atoms with Crippen molar-refractivity contribution >= 4 is 33.2 Å². The number of aryl methyl sites for hydroxylation is 1. The van der Waals surface area contributed by atoms with Gasteiger partial charge in [0.2, 0.25) is 10.0 Å². The highest BCUT2D eigenvalue weighted by Gasteiger charge is 2.33. The van der Waals surface area contributed by atoms with Crippen molar-refractivity contribution in [2.75, 3.05) is 7.05 Å². The van der Waals surface area contributed by atoms with Gasteiger partial charge in [-0.1, -0.05) is 29.3 Å². The number of benzene rings is 1. The molecule has 0 radical (unpaired) electrons. The van der Waals surface area contributed by atoms with Crippen molar-refractivity contribution in [2.45, 2.75) is 31.1 Å². The lowest BCUT2D eigenvalue weighted by Crippen LogP contribution is -2.34. The molecular formula is C16H19Cl2N3O2S. The summed E-state index contributed by atoms with van der Waals surface area (Å²) in [5.41, 5.74) is 2.66.